The van der Waals surface area contributed by atoms with Crippen LogP contribution in [0.2, 0.25) is 0 Å². The second-order valence-electron chi connectivity index (χ2n) is 7.06. The Morgan fingerprint density at radius 1 is 1.24 bits per heavy atom. The highest BCUT2D eigenvalue weighted by Gasteiger charge is 2.27. The highest BCUT2D eigenvalue weighted by atomic mass is 32.1. The van der Waals surface area contributed by atoms with Crippen LogP contribution in [0.5, 0.6) is 0 Å². The number of hydrogen-bond acceptors (Lipinski definition) is 5. The number of rotatable bonds is 5. The van der Waals surface area contributed by atoms with Crippen LogP contribution in [-0.2, 0) is 11.3 Å². The van der Waals surface area contributed by atoms with E-state index in [9.17, 15) is 9.59 Å². The lowest BCUT2D eigenvalue weighted by molar-refractivity contribution is -0.125. The van der Waals surface area contributed by atoms with Crippen LogP contribution in [0.4, 0.5) is 4.79 Å². The van der Waals surface area contributed by atoms with E-state index >= 15 is 0 Å². The minimum absolute atomic E-state index is 0.207. The average molecular weight is 365 g/mol. The van der Waals surface area contributed by atoms with E-state index in [1.165, 1.54) is 5.56 Å². The predicted molar refractivity (Wildman–Crippen MR) is 99.6 cm³/mol. The van der Waals surface area contributed by atoms with E-state index in [2.05, 4.69) is 37.3 Å². The van der Waals surface area contributed by atoms with Crippen molar-refractivity contribution in [1.29, 1.82) is 0 Å². The van der Waals surface area contributed by atoms with Gasteiger partial charge >= 0.3 is 6.03 Å². The fraction of sp³-hybridized carbons (Fsp3) is 0.667. The van der Waals surface area contributed by atoms with Gasteiger partial charge in [0.15, 0.2) is 0 Å². The van der Waals surface area contributed by atoms with Crippen molar-refractivity contribution in [1.82, 2.24) is 20.4 Å². The van der Waals surface area contributed by atoms with E-state index in [-0.39, 0.29) is 24.0 Å². The summed E-state index contributed by atoms with van der Waals surface area (Å²) in [7, 11) is 0. The van der Waals surface area contributed by atoms with Crippen LogP contribution in [0, 0.1) is 0 Å². The summed E-state index contributed by atoms with van der Waals surface area (Å²) in [5, 5.41) is 9.70. The zero-order chi connectivity index (χ0) is 17.6. The molecule has 1 saturated carbocycles. The Bertz CT molecular complexity index is 564. The van der Waals surface area contributed by atoms with E-state index in [1.54, 1.807) is 11.3 Å². The SMILES string of the molecule is C[C@@H](C(=O)NC(=O)NC1CCCC1)N1CCN(Cc2ccsc2)CC1. The summed E-state index contributed by atoms with van der Waals surface area (Å²) in [6.07, 6.45) is 4.35. The Labute approximate surface area is 153 Å². The van der Waals surface area contributed by atoms with Crippen molar-refractivity contribution in [3.05, 3.63) is 22.4 Å². The third-order valence-corrected chi connectivity index (χ3v) is 5.98. The van der Waals surface area contributed by atoms with Gasteiger partial charge < -0.3 is 5.32 Å². The number of nitrogens with zero attached hydrogens (tertiary/aromatic N) is 2. The summed E-state index contributed by atoms with van der Waals surface area (Å²) in [6.45, 7) is 6.45. The Hall–Kier alpha value is -1.44. The number of carbonyl (C=O) groups is 2. The number of amides is 3. The number of carbonyl (C=O) groups excluding carboxylic acids is 2. The molecule has 0 unspecified atom stereocenters. The molecular formula is C18H28N4O2S. The molecule has 1 atom stereocenters. The molecule has 0 aromatic carbocycles. The first-order chi connectivity index (χ1) is 12.1. The number of nitrogens with one attached hydrogen (secondary N) is 2. The van der Waals surface area contributed by atoms with Gasteiger partial charge in [-0.25, -0.2) is 4.79 Å². The lowest BCUT2D eigenvalue weighted by atomic mass is 10.2. The molecule has 0 bridgehead atoms. The molecule has 7 heteroatoms. The van der Waals surface area contributed by atoms with Gasteiger partial charge in [-0.3, -0.25) is 19.9 Å². The maximum absolute atomic E-state index is 12.3. The Morgan fingerprint density at radius 3 is 2.60 bits per heavy atom. The lowest BCUT2D eigenvalue weighted by Gasteiger charge is -2.37. The molecule has 0 spiro atoms. The lowest BCUT2D eigenvalue weighted by Crippen LogP contribution is -2.55. The van der Waals surface area contributed by atoms with E-state index in [0.717, 1.165) is 58.4 Å². The summed E-state index contributed by atoms with van der Waals surface area (Å²) in [5.41, 5.74) is 1.35. The first kappa shape index (κ1) is 18.4. The molecule has 0 radical (unpaired) electrons. The zero-order valence-electron chi connectivity index (χ0n) is 14.9. The maximum Gasteiger partial charge on any atom is 0.321 e. The number of thiophene rings is 1. The number of piperazine rings is 1. The average Bonchev–Trinajstić information content (AvgIpc) is 3.29. The molecule has 1 aromatic heterocycles. The molecule has 2 N–H and O–H groups in total. The smallest absolute Gasteiger partial charge is 0.321 e. The van der Waals surface area contributed by atoms with Gasteiger partial charge in [-0.1, -0.05) is 12.8 Å². The summed E-state index contributed by atoms with van der Waals surface area (Å²) in [4.78, 5) is 28.9. The third kappa shape index (κ3) is 5.26. The first-order valence-corrected chi connectivity index (χ1v) is 10.1. The molecule has 1 aliphatic heterocycles. The second kappa shape index (κ2) is 8.78. The first-order valence-electron chi connectivity index (χ1n) is 9.20. The molecule has 138 valence electrons. The largest absolute Gasteiger partial charge is 0.335 e. The van der Waals surface area contributed by atoms with Crippen LogP contribution < -0.4 is 10.6 Å². The van der Waals surface area contributed by atoms with Gasteiger partial charge in [0.1, 0.15) is 0 Å². The van der Waals surface area contributed by atoms with Gasteiger partial charge in [0.05, 0.1) is 6.04 Å². The number of urea groups is 1. The number of hydrogen-bond donors (Lipinski definition) is 2. The topological polar surface area (TPSA) is 64.7 Å². The Morgan fingerprint density at radius 2 is 1.96 bits per heavy atom. The molecule has 2 aliphatic rings. The normalized spacial score (nSPS) is 21.2. The van der Waals surface area contributed by atoms with Crippen LogP contribution in [-0.4, -0.2) is 60.0 Å². The third-order valence-electron chi connectivity index (χ3n) is 5.25. The van der Waals surface area contributed by atoms with Crippen LogP contribution >= 0.6 is 11.3 Å². The monoisotopic (exact) mass is 364 g/mol. The fourth-order valence-corrected chi connectivity index (χ4v) is 4.28. The molecule has 2 fully saturated rings. The van der Waals surface area contributed by atoms with Crippen LogP contribution in [0.1, 0.15) is 38.2 Å². The van der Waals surface area contributed by atoms with Crippen LogP contribution in [0.15, 0.2) is 16.8 Å². The van der Waals surface area contributed by atoms with Gasteiger partial charge in [0, 0.05) is 38.8 Å². The van der Waals surface area contributed by atoms with E-state index in [1.807, 2.05) is 6.92 Å². The van der Waals surface area contributed by atoms with Gasteiger partial charge in [0.25, 0.3) is 0 Å². The molecule has 3 amide bonds. The highest BCUT2D eigenvalue weighted by molar-refractivity contribution is 7.07. The van der Waals surface area contributed by atoms with Crippen molar-refractivity contribution in [3.63, 3.8) is 0 Å². The standard InChI is InChI=1S/C18H28N4O2S/c1-14(17(23)20-18(24)19-16-4-2-3-5-16)22-9-7-21(8-10-22)12-15-6-11-25-13-15/h6,11,13-14,16H,2-5,7-10,12H2,1H3,(H2,19,20,23,24)/t14-/m0/s1. The minimum Gasteiger partial charge on any atom is -0.335 e. The molecular weight excluding hydrogens is 336 g/mol. The Kier molecular flexibility index (Phi) is 6.45. The van der Waals surface area contributed by atoms with E-state index in [4.69, 9.17) is 0 Å². The predicted octanol–water partition coefficient (Wildman–Crippen LogP) is 2.02. The highest BCUT2D eigenvalue weighted by Crippen LogP contribution is 2.17. The minimum atomic E-state index is -0.347. The molecule has 1 aliphatic carbocycles. The molecule has 3 rings (SSSR count). The van der Waals surface area contributed by atoms with Gasteiger partial charge in [-0.15, -0.1) is 0 Å². The van der Waals surface area contributed by atoms with Crippen LogP contribution in [0.25, 0.3) is 0 Å². The van der Waals surface area contributed by atoms with Crippen molar-refractivity contribution >= 4 is 23.3 Å². The van der Waals surface area contributed by atoms with Crippen LogP contribution in [0.3, 0.4) is 0 Å². The van der Waals surface area contributed by atoms with E-state index in [0.29, 0.717) is 0 Å². The number of imide groups is 1. The molecule has 25 heavy (non-hydrogen) atoms. The molecule has 2 heterocycles. The summed E-state index contributed by atoms with van der Waals surface area (Å²) >= 11 is 1.73. The zero-order valence-corrected chi connectivity index (χ0v) is 15.7. The summed E-state index contributed by atoms with van der Waals surface area (Å²) in [5.74, 6) is -0.207. The van der Waals surface area contributed by atoms with Crippen molar-refractivity contribution in [2.75, 3.05) is 26.2 Å². The Balaban J connectivity index is 1.39. The second-order valence-corrected chi connectivity index (χ2v) is 7.84. The van der Waals surface area contributed by atoms with Gasteiger partial charge in [-0.2, -0.15) is 11.3 Å². The maximum atomic E-state index is 12.3. The van der Waals surface area contributed by atoms with Crippen molar-refractivity contribution in [3.8, 4) is 0 Å². The van der Waals surface area contributed by atoms with Crippen molar-refractivity contribution in [2.24, 2.45) is 0 Å². The molecule has 1 aromatic rings. The van der Waals surface area contributed by atoms with Gasteiger partial charge in [0.2, 0.25) is 5.91 Å². The van der Waals surface area contributed by atoms with Crippen molar-refractivity contribution < 1.29 is 9.59 Å². The quantitative estimate of drug-likeness (QED) is 0.839. The van der Waals surface area contributed by atoms with Gasteiger partial charge in [-0.05, 0) is 42.2 Å². The van der Waals surface area contributed by atoms with Crippen molar-refractivity contribution in [2.45, 2.75) is 51.2 Å². The molecule has 1 saturated heterocycles. The van der Waals surface area contributed by atoms with E-state index < -0.39 is 0 Å². The summed E-state index contributed by atoms with van der Waals surface area (Å²) < 4.78 is 0. The molecule has 6 nitrogen and oxygen atoms in total. The summed E-state index contributed by atoms with van der Waals surface area (Å²) in [6, 6.07) is 1.76. The fourth-order valence-electron chi connectivity index (χ4n) is 3.62.